The highest BCUT2D eigenvalue weighted by molar-refractivity contribution is 7.11. The second-order valence-electron chi connectivity index (χ2n) is 7.42. The van der Waals surface area contributed by atoms with Gasteiger partial charge in [-0.2, -0.15) is 4.37 Å². The summed E-state index contributed by atoms with van der Waals surface area (Å²) < 4.78 is 36.9. The van der Waals surface area contributed by atoms with Gasteiger partial charge in [0.2, 0.25) is 5.88 Å². The summed E-state index contributed by atoms with van der Waals surface area (Å²) >= 11 is 0.733. The van der Waals surface area contributed by atoms with E-state index in [4.69, 9.17) is 4.74 Å². The second kappa shape index (κ2) is 10.0. The minimum absolute atomic E-state index is 0.00598. The van der Waals surface area contributed by atoms with Crippen molar-refractivity contribution in [3.63, 3.8) is 0 Å². The fourth-order valence-electron chi connectivity index (χ4n) is 3.44. The zero-order valence-electron chi connectivity index (χ0n) is 17.2. The van der Waals surface area contributed by atoms with E-state index in [1.54, 1.807) is 0 Å². The topological polar surface area (TPSA) is 104 Å². The Kier molecular flexibility index (Phi) is 7.39. The molecule has 0 aliphatic carbocycles. The highest BCUT2D eigenvalue weighted by Gasteiger charge is 2.24. The van der Waals surface area contributed by atoms with Crippen LogP contribution in [0.5, 0.6) is 5.88 Å². The van der Waals surface area contributed by atoms with Crippen molar-refractivity contribution in [3.05, 3.63) is 40.5 Å². The number of carbonyl (C=O) groups excluding carboxylic acids is 1. The number of carboxylic acids is 1. The number of rotatable bonds is 8. The van der Waals surface area contributed by atoms with Crippen molar-refractivity contribution in [1.82, 2.24) is 14.6 Å². The third-order valence-corrected chi connectivity index (χ3v) is 5.97. The standard InChI is InChI=1S/C20H24F2N4O4S/c1-11-8-15(22)12(9-14(11)21)10-30-17-16(19(27)28)18(31-25-17)24-20(29)23-6-5-13-4-3-7-26(13)2/h8-9,13H,3-7,10H2,1-2H3,(H,27,28)(H2,23,24,29). The number of aromatic nitrogens is 1. The average Bonchev–Trinajstić information content (AvgIpc) is 3.29. The van der Waals surface area contributed by atoms with Gasteiger partial charge in [0.05, 0.1) is 0 Å². The SMILES string of the molecule is Cc1cc(F)c(COc2nsc(NC(=O)NCCC3CCCN3C)c2C(=O)O)cc1F. The van der Waals surface area contributed by atoms with Crippen molar-refractivity contribution in [2.24, 2.45) is 0 Å². The van der Waals surface area contributed by atoms with E-state index in [-0.39, 0.29) is 27.6 Å². The number of anilines is 1. The Balaban J connectivity index is 1.60. The summed E-state index contributed by atoms with van der Waals surface area (Å²) in [5.41, 5.74) is -0.265. The Morgan fingerprint density at radius 1 is 1.35 bits per heavy atom. The molecule has 2 amide bonds. The number of aryl methyl sites for hydroxylation is 1. The molecule has 2 heterocycles. The van der Waals surface area contributed by atoms with Crippen molar-refractivity contribution in [2.75, 3.05) is 25.5 Å². The molecule has 3 rings (SSSR count). The van der Waals surface area contributed by atoms with Gasteiger partial charge >= 0.3 is 12.0 Å². The van der Waals surface area contributed by atoms with Crippen LogP contribution in [0.3, 0.4) is 0 Å². The highest BCUT2D eigenvalue weighted by atomic mass is 32.1. The molecule has 0 bridgehead atoms. The van der Waals surface area contributed by atoms with Crippen LogP contribution < -0.4 is 15.4 Å². The molecule has 1 saturated heterocycles. The first kappa shape index (κ1) is 22.9. The summed E-state index contributed by atoms with van der Waals surface area (Å²) in [4.78, 5) is 26.1. The van der Waals surface area contributed by atoms with Crippen LogP contribution in [0.25, 0.3) is 0 Å². The number of aromatic carboxylic acids is 1. The Hall–Kier alpha value is -2.79. The molecule has 1 aromatic carbocycles. The quantitative estimate of drug-likeness (QED) is 0.563. The van der Waals surface area contributed by atoms with Crippen LogP contribution in [0.4, 0.5) is 18.6 Å². The molecular weight excluding hydrogens is 430 g/mol. The van der Waals surface area contributed by atoms with Crippen LogP contribution >= 0.6 is 11.5 Å². The first-order valence-electron chi connectivity index (χ1n) is 9.81. The van der Waals surface area contributed by atoms with Gasteiger partial charge in [0, 0.05) is 18.2 Å². The lowest BCUT2D eigenvalue weighted by atomic mass is 10.1. The maximum Gasteiger partial charge on any atom is 0.344 e. The minimum atomic E-state index is -1.36. The van der Waals surface area contributed by atoms with Crippen LogP contribution in [0, 0.1) is 18.6 Å². The molecular formula is C20H24F2N4O4S. The molecule has 0 radical (unpaired) electrons. The highest BCUT2D eigenvalue weighted by Crippen LogP contribution is 2.31. The number of nitrogens with one attached hydrogen (secondary N) is 2. The molecule has 1 aromatic heterocycles. The van der Waals surface area contributed by atoms with Gasteiger partial charge in [-0.15, -0.1) is 0 Å². The molecule has 1 aliphatic heterocycles. The third-order valence-electron chi connectivity index (χ3n) is 5.23. The molecule has 2 aromatic rings. The molecule has 0 spiro atoms. The summed E-state index contributed by atoms with van der Waals surface area (Å²) in [7, 11) is 2.05. The van der Waals surface area contributed by atoms with Crippen LogP contribution in [-0.4, -0.2) is 52.6 Å². The number of likely N-dealkylation sites (tertiary alicyclic amines) is 1. The predicted molar refractivity (Wildman–Crippen MR) is 112 cm³/mol. The number of halogens is 2. The minimum Gasteiger partial charge on any atom is -0.477 e. The molecule has 1 fully saturated rings. The van der Waals surface area contributed by atoms with E-state index in [2.05, 4.69) is 19.9 Å². The Bertz CT molecular complexity index is 969. The largest absolute Gasteiger partial charge is 0.477 e. The van der Waals surface area contributed by atoms with Gasteiger partial charge in [-0.3, -0.25) is 5.32 Å². The Morgan fingerprint density at radius 3 is 2.81 bits per heavy atom. The predicted octanol–water partition coefficient (Wildman–Crippen LogP) is 3.61. The first-order valence-corrected chi connectivity index (χ1v) is 10.6. The summed E-state index contributed by atoms with van der Waals surface area (Å²) in [5, 5.41) is 14.7. The van der Waals surface area contributed by atoms with E-state index < -0.39 is 30.2 Å². The van der Waals surface area contributed by atoms with Gasteiger partial charge in [-0.1, -0.05) is 0 Å². The van der Waals surface area contributed by atoms with E-state index in [0.717, 1.165) is 49.5 Å². The maximum absolute atomic E-state index is 14.0. The van der Waals surface area contributed by atoms with Gasteiger partial charge in [0.15, 0.2) is 5.56 Å². The van der Waals surface area contributed by atoms with Gasteiger partial charge in [-0.05, 0) is 69.0 Å². The molecule has 1 aliphatic rings. The lowest BCUT2D eigenvalue weighted by Gasteiger charge is -2.19. The molecule has 11 heteroatoms. The molecule has 0 saturated carbocycles. The van der Waals surface area contributed by atoms with Crippen molar-refractivity contribution in [3.8, 4) is 5.88 Å². The summed E-state index contributed by atoms with van der Waals surface area (Å²) in [6.45, 7) is 2.51. The fourth-order valence-corrected chi connectivity index (χ4v) is 4.16. The summed E-state index contributed by atoms with van der Waals surface area (Å²) in [6.07, 6.45) is 3.02. The first-order chi connectivity index (χ1) is 14.8. The van der Waals surface area contributed by atoms with Crippen LogP contribution in [-0.2, 0) is 6.61 Å². The van der Waals surface area contributed by atoms with Gasteiger partial charge in [0.25, 0.3) is 0 Å². The van der Waals surface area contributed by atoms with Gasteiger partial charge < -0.3 is 20.1 Å². The number of ether oxygens (including phenoxy) is 1. The van der Waals surface area contributed by atoms with Gasteiger partial charge in [-0.25, -0.2) is 18.4 Å². The summed E-state index contributed by atoms with van der Waals surface area (Å²) in [6, 6.07) is 1.90. The number of carboxylic acid groups (broad SMARTS) is 1. The number of nitrogens with zero attached hydrogens (tertiary/aromatic N) is 2. The van der Waals surface area contributed by atoms with Crippen molar-refractivity contribution >= 4 is 28.5 Å². The smallest absolute Gasteiger partial charge is 0.344 e. The normalized spacial score (nSPS) is 16.3. The van der Waals surface area contributed by atoms with Crippen molar-refractivity contribution in [1.29, 1.82) is 0 Å². The number of benzene rings is 1. The Morgan fingerprint density at radius 2 is 2.13 bits per heavy atom. The van der Waals surface area contributed by atoms with Crippen LogP contribution in [0.15, 0.2) is 12.1 Å². The zero-order valence-corrected chi connectivity index (χ0v) is 18.0. The Labute approximate surface area is 182 Å². The molecule has 3 N–H and O–H groups in total. The number of urea groups is 1. The molecule has 31 heavy (non-hydrogen) atoms. The molecule has 168 valence electrons. The van der Waals surface area contributed by atoms with E-state index in [9.17, 15) is 23.5 Å². The zero-order chi connectivity index (χ0) is 22.5. The molecule has 1 unspecified atom stereocenters. The number of hydrogen-bond acceptors (Lipinski definition) is 6. The lowest BCUT2D eigenvalue weighted by molar-refractivity contribution is 0.0693. The maximum atomic E-state index is 14.0. The number of carbonyl (C=O) groups is 2. The number of hydrogen-bond donors (Lipinski definition) is 3. The number of amides is 2. The van der Waals surface area contributed by atoms with E-state index in [1.807, 2.05) is 7.05 Å². The van der Waals surface area contributed by atoms with Crippen molar-refractivity contribution in [2.45, 2.75) is 38.8 Å². The lowest BCUT2D eigenvalue weighted by Crippen LogP contribution is -2.34. The van der Waals surface area contributed by atoms with Crippen LogP contribution in [0.1, 0.15) is 40.7 Å². The third kappa shape index (κ3) is 5.67. The van der Waals surface area contributed by atoms with E-state index in [1.165, 1.54) is 6.92 Å². The van der Waals surface area contributed by atoms with E-state index >= 15 is 0 Å². The monoisotopic (exact) mass is 454 g/mol. The average molecular weight is 454 g/mol. The van der Waals surface area contributed by atoms with Crippen LogP contribution in [0.2, 0.25) is 0 Å². The summed E-state index contributed by atoms with van der Waals surface area (Å²) in [5.74, 6) is -2.90. The molecule has 8 nitrogen and oxygen atoms in total. The van der Waals surface area contributed by atoms with Crippen molar-refractivity contribution < 1.29 is 28.2 Å². The molecule has 1 atom stereocenters. The van der Waals surface area contributed by atoms with Gasteiger partial charge in [0.1, 0.15) is 23.2 Å². The van der Waals surface area contributed by atoms with E-state index in [0.29, 0.717) is 12.6 Å². The second-order valence-corrected chi connectivity index (χ2v) is 8.20. The fraction of sp³-hybridized carbons (Fsp3) is 0.450.